The first-order valence-corrected chi connectivity index (χ1v) is 9.64. The maximum absolute atomic E-state index is 13.2. The van der Waals surface area contributed by atoms with Crippen molar-refractivity contribution in [2.75, 3.05) is 26.3 Å². The summed E-state index contributed by atoms with van der Waals surface area (Å²) in [5.41, 5.74) is 1.95. The van der Waals surface area contributed by atoms with Crippen LogP contribution in [-0.4, -0.2) is 46.9 Å². The Morgan fingerprint density at radius 3 is 2.20 bits per heavy atom. The van der Waals surface area contributed by atoms with Crippen molar-refractivity contribution in [1.82, 2.24) is 14.7 Å². The van der Waals surface area contributed by atoms with Crippen molar-refractivity contribution in [3.63, 3.8) is 0 Å². The predicted octanol–water partition coefficient (Wildman–Crippen LogP) is 3.26. The van der Waals surface area contributed by atoms with E-state index in [1.165, 1.54) is 24.3 Å². The van der Waals surface area contributed by atoms with Crippen LogP contribution in [0.5, 0.6) is 5.88 Å². The van der Waals surface area contributed by atoms with Crippen LogP contribution in [0.25, 0.3) is 0 Å². The monoisotopic (exact) mass is 413 g/mol. The highest BCUT2D eigenvalue weighted by molar-refractivity contribution is 5.96. The molecule has 1 amide bonds. The highest BCUT2D eigenvalue weighted by Crippen LogP contribution is 2.21. The number of nitrogens with zero attached hydrogens (tertiary/aromatic N) is 3. The molecule has 0 bridgehead atoms. The maximum Gasteiger partial charge on any atom is 0.261 e. The lowest BCUT2D eigenvalue weighted by Gasteiger charge is -2.26. The van der Waals surface area contributed by atoms with Crippen LogP contribution in [-0.2, 0) is 17.9 Å². The Hall–Kier alpha value is -3.26. The summed E-state index contributed by atoms with van der Waals surface area (Å²) in [6.07, 6.45) is 1.64. The van der Waals surface area contributed by atoms with Gasteiger partial charge in [0.1, 0.15) is 23.8 Å². The lowest BCUT2D eigenvalue weighted by Crippen LogP contribution is -2.40. The van der Waals surface area contributed by atoms with Crippen molar-refractivity contribution < 1.29 is 23.0 Å². The number of hydrogen-bond donors (Lipinski definition) is 0. The van der Waals surface area contributed by atoms with Gasteiger partial charge >= 0.3 is 0 Å². The second-order valence-electron chi connectivity index (χ2n) is 6.99. The van der Waals surface area contributed by atoms with Crippen molar-refractivity contribution in [3.05, 3.63) is 83.1 Å². The lowest BCUT2D eigenvalue weighted by atomic mass is 10.2. The molecule has 0 aliphatic carbocycles. The van der Waals surface area contributed by atoms with Crippen LogP contribution in [0, 0.1) is 11.6 Å². The Morgan fingerprint density at radius 1 is 0.967 bits per heavy atom. The third-order valence-corrected chi connectivity index (χ3v) is 4.80. The number of aromatic nitrogens is 2. The number of hydrogen-bond acceptors (Lipinski definition) is 4. The minimum absolute atomic E-state index is 0.150. The predicted molar refractivity (Wildman–Crippen MR) is 105 cm³/mol. The largest absolute Gasteiger partial charge is 0.471 e. The molecule has 8 heteroatoms. The van der Waals surface area contributed by atoms with Crippen LogP contribution in [0.4, 0.5) is 8.78 Å². The lowest BCUT2D eigenvalue weighted by molar-refractivity contribution is 0.0300. The van der Waals surface area contributed by atoms with E-state index in [0.29, 0.717) is 38.4 Å². The van der Waals surface area contributed by atoms with E-state index >= 15 is 0 Å². The van der Waals surface area contributed by atoms with Gasteiger partial charge in [-0.1, -0.05) is 24.3 Å². The van der Waals surface area contributed by atoms with Gasteiger partial charge in [-0.3, -0.25) is 9.48 Å². The zero-order chi connectivity index (χ0) is 20.9. The molecule has 1 fully saturated rings. The normalized spacial score (nSPS) is 14.0. The van der Waals surface area contributed by atoms with Gasteiger partial charge in [-0.05, 0) is 35.4 Å². The van der Waals surface area contributed by atoms with Crippen molar-refractivity contribution in [2.45, 2.75) is 13.2 Å². The molecule has 156 valence electrons. The average molecular weight is 413 g/mol. The summed E-state index contributed by atoms with van der Waals surface area (Å²) in [6, 6.07) is 12.0. The molecule has 3 aromatic rings. The average Bonchev–Trinajstić information content (AvgIpc) is 3.17. The van der Waals surface area contributed by atoms with Crippen LogP contribution < -0.4 is 4.74 Å². The molecule has 0 unspecified atom stereocenters. The van der Waals surface area contributed by atoms with E-state index in [9.17, 15) is 13.6 Å². The minimum Gasteiger partial charge on any atom is -0.471 e. The molecule has 1 aliphatic heterocycles. The summed E-state index contributed by atoms with van der Waals surface area (Å²) in [4.78, 5) is 14.7. The zero-order valence-corrected chi connectivity index (χ0v) is 16.3. The van der Waals surface area contributed by atoms with Gasteiger partial charge in [-0.15, -0.1) is 5.10 Å². The van der Waals surface area contributed by atoms with E-state index in [-0.39, 0.29) is 30.0 Å². The first kappa shape index (κ1) is 20.0. The van der Waals surface area contributed by atoms with Gasteiger partial charge in [0, 0.05) is 19.3 Å². The molecular formula is C22H21F2N3O3. The molecular weight excluding hydrogens is 392 g/mol. The van der Waals surface area contributed by atoms with Gasteiger partial charge in [0.25, 0.3) is 5.91 Å². The van der Waals surface area contributed by atoms with Crippen LogP contribution in [0.2, 0.25) is 0 Å². The van der Waals surface area contributed by atoms with Crippen molar-refractivity contribution in [2.24, 2.45) is 0 Å². The molecule has 2 heterocycles. The molecule has 4 rings (SSSR count). The van der Waals surface area contributed by atoms with Crippen molar-refractivity contribution >= 4 is 5.91 Å². The number of carbonyl (C=O) groups excluding carboxylic acids is 1. The molecule has 0 atom stereocenters. The Balaban J connectivity index is 1.56. The molecule has 1 aliphatic rings. The standard InChI is InChI=1S/C22H21F2N3O3/c23-18-5-1-16(2-6-18)13-27-14-20(22(28)26-9-11-29-12-10-26)21(25-27)30-15-17-3-7-19(24)8-4-17/h1-8,14H,9-13,15H2. The highest BCUT2D eigenvalue weighted by Gasteiger charge is 2.25. The molecule has 0 radical (unpaired) electrons. The molecule has 30 heavy (non-hydrogen) atoms. The fourth-order valence-electron chi connectivity index (χ4n) is 3.18. The van der Waals surface area contributed by atoms with Gasteiger partial charge in [0.05, 0.1) is 19.8 Å². The SMILES string of the molecule is O=C(c1cn(Cc2ccc(F)cc2)nc1OCc1ccc(F)cc1)N1CCOCC1. The molecule has 1 saturated heterocycles. The van der Waals surface area contributed by atoms with Gasteiger partial charge in [-0.25, -0.2) is 8.78 Å². The summed E-state index contributed by atoms with van der Waals surface area (Å²) in [6.45, 7) is 2.49. The number of benzene rings is 2. The summed E-state index contributed by atoms with van der Waals surface area (Å²) in [5, 5.41) is 4.42. The Labute approximate surface area is 172 Å². The van der Waals surface area contributed by atoms with Crippen LogP contribution >= 0.6 is 0 Å². The van der Waals surface area contributed by atoms with Gasteiger partial charge in [-0.2, -0.15) is 0 Å². The second-order valence-corrected chi connectivity index (χ2v) is 6.99. The fourth-order valence-corrected chi connectivity index (χ4v) is 3.18. The van der Waals surface area contributed by atoms with Gasteiger partial charge in [0.15, 0.2) is 0 Å². The number of carbonyl (C=O) groups is 1. The number of rotatable bonds is 6. The number of morpholine rings is 1. The quantitative estimate of drug-likeness (QED) is 0.623. The van der Waals surface area contributed by atoms with Crippen molar-refractivity contribution in [3.8, 4) is 5.88 Å². The van der Waals surface area contributed by atoms with E-state index in [2.05, 4.69) is 5.10 Å². The Morgan fingerprint density at radius 2 is 1.57 bits per heavy atom. The number of halogens is 2. The first-order valence-electron chi connectivity index (χ1n) is 9.64. The molecule has 0 saturated carbocycles. The molecule has 0 spiro atoms. The van der Waals surface area contributed by atoms with Crippen LogP contribution in [0.1, 0.15) is 21.5 Å². The number of ether oxygens (including phenoxy) is 2. The van der Waals surface area contributed by atoms with Crippen LogP contribution in [0.3, 0.4) is 0 Å². The number of amides is 1. The maximum atomic E-state index is 13.2. The third-order valence-electron chi connectivity index (χ3n) is 4.80. The summed E-state index contributed by atoms with van der Waals surface area (Å²) in [7, 11) is 0. The van der Waals surface area contributed by atoms with E-state index in [4.69, 9.17) is 9.47 Å². The third kappa shape index (κ3) is 4.83. The summed E-state index contributed by atoms with van der Waals surface area (Å²) in [5.74, 6) is -0.619. The Bertz CT molecular complexity index is 997. The fraction of sp³-hybridized carbons (Fsp3) is 0.273. The first-order chi connectivity index (χ1) is 14.6. The van der Waals surface area contributed by atoms with E-state index in [0.717, 1.165) is 11.1 Å². The molecule has 0 N–H and O–H groups in total. The minimum atomic E-state index is -0.328. The van der Waals surface area contributed by atoms with Crippen LogP contribution in [0.15, 0.2) is 54.7 Å². The molecule has 1 aromatic heterocycles. The summed E-state index contributed by atoms with van der Waals surface area (Å²) < 4.78 is 39.0. The molecule has 6 nitrogen and oxygen atoms in total. The van der Waals surface area contributed by atoms with E-state index in [1.54, 1.807) is 40.0 Å². The summed E-state index contributed by atoms with van der Waals surface area (Å²) >= 11 is 0. The molecule has 2 aromatic carbocycles. The zero-order valence-electron chi connectivity index (χ0n) is 16.3. The van der Waals surface area contributed by atoms with E-state index < -0.39 is 0 Å². The highest BCUT2D eigenvalue weighted by atomic mass is 19.1. The van der Waals surface area contributed by atoms with E-state index in [1.807, 2.05) is 0 Å². The van der Waals surface area contributed by atoms with Gasteiger partial charge in [0.2, 0.25) is 5.88 Å². The van der Waals surface area contributed by atoms with Gasteiger partial charge < -0.3 is 14.4 Å². The topological polar surface area (TPSA) is 56.6 Å². The smallest absolute Gasteiger partial charge is 0.261 e. The van der Waals surface area contributed by atoms with Crippen molar-refractivity contribution in [1.29, 1.82) is 0 Å². The Kier molecular flexibility index (Phi) is 6.04. The second kappa shape index (κ2) is 9.04.